The van der Waals surface area contributed by atoms with Gasteiger partial charge in [-0.2, -0.15) is 0 Å². The SMILES string of the molecule is CB(C)O.CB1OC(C)(C)C(C)(C)O1.C[B-](F)(F)F.[K+]. The first kappa shape index (κ1) is 26.4. The Balaban J connectivity index is -0.000000247. The molecule has 10 heteroatoms. The molecular weight excluding hydrogens is 297 g/mol. The van der Waals surface area contributed by atoms with Gasteiger partial charge in [-0.1, -0.05) is 20.5 Å². The van der Waals surface area contributed by atoms with Gasteiger partial charge in [0, 0.05) is 0 Å². The van der Waals surface area contributed by atoms with E-state index in [0.717, 1.165) is 0 Å². The first-order valence-electron chi connectivity index (χ1n) is 6.35. The van der Waals surface area contributed by atoms with E-state index in [2.05, 4.69) is 27.7 Å². The zero-order valence-electron chi connectivity index (χ0n) is 14.1. The second-order valence-electron chi connectivity index (χ2n) is 5.82. The number of hydrogen-bond acceptors (Lipinski definition) is 3. The fraction of sp³-hybridized carbons (Fsp3) is 1.00. The Morgan fingerprint density at radius 1 is 1.00 bits per heavy atom. The Morgan fingerprint density at radius 3 is 1.20 bits per heavy atom. The molecule has 1 N–H and O–H groups in total. The second kappa shape index (κ2) is 10.3. The summed E-state index contributed by atoms with van der Waals surface area (Å²) in [5, 5.41) is 8.06. The molecule has 0 amide bonds. The summed E-state index contributed by atoms with van der Waals surface area (Å²) in [4.78, 5) is 0. The smallest absolute Gasteiger partial charge is 0.451 e. The molecule has 114 valence electrons. The predicted octanol–water partition coefficient (Wildman–Crippen LogP) is 0.406. The molecule has 0 atom stereocenters. The van der Waals surface area contributed by atoms with E-state index < -0.39 is 6.98 Å². The third-order valence-corrected chi connectivity index (χ3v) is 2.37. The van der Waals surface area contributed by atoms with Gasteiger partial charge in [-0.3, -0.25) is 0 Å². The fourth-order valence-corrected chi connectivity index (χ4v) is 1.14. The van der Waals surface area contributed by atoms with Crippen LogP contribution >= 0.6 is 0 Å². The van der Waals surface area contributed by atoms with Gasteiger partial charge in [0.2, 0.25) is 0 Å². The maximum absolute atomic E-state index is 10.4. The zero-order valence-corrected chi connectivity index (χ0v) is 17.3. The van der Waals surface area contributed by atoms with Crippen LogP contribution in [0.2, 0.25) is 27.3 Å². The second-order valence-corrected chi connectivity index (χ2v) is 5.82. The number of hydrogen-bond donors (Lipinski definition) is 1. The minimum atomic E-state index is -4.50. The van der Waals surface area contributed by atoms with Crippen molar-refractivity contribution in [1.29, 1.82) is 0 Å². The van der Waals surface area contributed by atoms with Crippen LogP contribution in [0.3, 0.4) is 0 Å². The van der Waals surface area contributed by atoms with Crippen molar-refractivity contribution < 1.29 is 78.7 Å². The molecule has 0 spiro atoms. The molecular formula is C10H25B3F3KO3. The van der Waals surface area contributed by atoms with E-state index in [1.54, 1.807) is 13.6 Å². The van der Waals surface area contributed by atoms with Crippen molar-refractivity contribution in [3.8, 4) is 0 Å². The van der Waals surface area contributed by atoms with E-state index in [9.17, 15) is 12.9 Å². The van der Waals surface area contributed by atoms with Gasteiger partial charge >= 0.3 is 65.5 Å². The van der Waals surface area contributed by atoms with Gasteiger partial charge < -0.3 is 27.3 Å². The molecule has 1 heterocycles. The van der Waals surface area contributed by atoms with Crippen LogP contribution in [0.5, 0.6) is 0 Å². The molecule has 20 heavy (non-hydrogen) atoms. The van der Waals surface area contributed by atoms with Crippen LogP contribution in [0.4, 0.5) is 12.9 Å². The van der Waals surface area contributed by atoms with Gasteiger partial charge in [0.25, 0.3) is 6.92 Å². The maximum Gasteiger partial charge on any atom is 1.00 e. The molecule has 0 aliphatic carbocycles. The van der Waals surface area contributed by atoms with Crippen LogP contribution < -0.4 is 51.4 Å². The molecule has 3 nitrogen and oxygen atoms in total. The normalized spacial score (nSPS) is 18.9. The maximum atomic E-state index is 10.4. The van der Waals surface area contributed by atoms with Crippen molar-refractivity contribution >= 4 is 21.0 Å². The van der Waals surface area contributed by atoms with E-state index in [0.29, 0.717) is 0 Å². The predicted molar refractivity (Wildman–Crippen MR) is 76.6 cm³/mol. The average Bonchev–Trinajstić information content (AvgIpc) is 2.11. The summed E-state index contributed by atoms with van der Waals surface area (Å²) in [6, 6.07) is 0. The minimum Gasteiger partial charge on any atom is -0.451 e. The van der Waals surface area contributed by atoms with Gasteiger partial charge in [0.1, 0.15) is 0 Å². The Hall–Kier alpha value is 1.50. The van der Waals surface area contributed by atoms with E-state index in [-0.39, 0.29) is 83.4 Å². The molecule has 1 fully saturated rings. The molecule has 0 aromatic carbocycles. The molecule has 0 radical (unpaired) electrons. The quantitative estimate of drug-likeness (QED) is 0.657. The van der Waals surface area contributed by atoms with Crippen molar-refractivity contribution in [2.24, 2.45) is 0 Å². The average molecular weight is 322 g/mol. The molecule has 0 bridgehead atoms. The Morgan fingerprint density at radius 2 is 1.15 bits per heavy atom. The molecule has 0 unspecified atom stereocenters. The van der Waals surface area contributed by atoms with Crippen LogP contribution in [-0.2, 0) is 9.31 Å². The van der Waals surface area contributed by atoms with Crippen LogP contribution in [0.1, 0.15) is 27.7 Å². The molecule has 1 aliphatic heterocycles. The van der Waals surface area contributed by atoms with Crippen LogP contribution in [0.15, 0.2) is 0 Å². The fourth-order valence-electron chi connectivity index (χ4n) is 1.14. The monoisotopic (exact) mass is 322 g/mol. The van der Waals surface area contributed by atoms with Crippen molar-refractivity contribution in [3.05, 3.63) is 0 Å². The van der Waals surface area contributed by atoms with Crippen molar-refractivity contribution in [2.45, 2.75) is 66.2 Å². The third-order valence-electron chi connectivity index (χ3n) is 2.37. The van der Waals surface area contributed by atoms with E-state index in [4.69, 9.17) is 14.3 Å². The van der Waals surface area contributed by atoms with Crippen LogP contribution in [-0.4, -0.2) is 37.2 Å². The van der Waals surface area contributed by atoms with Gasteiger partial charge in [-0.25, -0.2) is 0 Å². The summed E-state index contributed by atoms with van der Waals surface area (Å²) in [7, 11) is -0.0648. The molecule has 1 aliphatic rings. The van der Waals surface area contributed by atoms with Crippen molar-refractivity contribution in [2.75, 3.05) is 0 Å². The third kappa shape index (κ3) is 15.9. The Bertz CT molecular complexity index is 239. The van der Waals surface area contributed by atoms with Crippen molar-refractivity contribution in [1.82, 2.24) is 0 Å². The van der Waals surface area contributed by atoms with Gasteiger partial charge in [0.15, 0.2) is 0 Å². The molecule has 1 saturated heterocycles. The molecule has 0 aromatic rings. The first-order valence-corrected chi connectivity index (χ1v) is 6.35. The number of halogens is 3. The summed E-state index contributed by atoms with van der Waals surface area (Å²) >= 11 is 0. The number of rotatable bonds is 0. The standard InChI is InChI=1S/C7H15BO2.C2H7BO.CH3BF3.K/c1-6(2)7(3,4)10-8(5)9-6;1-3(2)4;1-2(3,4)5;/h1-5H3;4H,1-2H3;1H3;/q;;-1;+1. The van der Waals surface area contributed by atoms with Crippen LogP contribution in [0, 0.1) is 0 Å². The van der Waals surface area contributed by atoms with E-state index in [1.807, 2.05) is 6.82 Å². The largest absolute Gasteiger partial charge is 1.00 e. The summed E-state index contributed by atoms with van der Waals surface area (Å²) < 4.78 is 42.3. The van der Waals surface area contributed by atoms with E-state index >= 15 is 0 Å². The van der Waals surface area contributed by atoms with E-state index in [1.165, 1.54) is 0 Å². The van der Waals surface area contributed by atoms with Gasteiger partial charge in [-0.05, 0) is 34.5 Å². The molecule has 0 saturated carbocycles. The molecule has 0 aromatic heterocycles. The zero-order chi connectivity index (χ0) is 16.1. The summed E-state index contributed by atoms with van der Waals surface area (Å²) in [6.07, 6.45) is 0. The van der Waals surface area contributed by atoms with Crippen LogP contribution in [0.25, 0.3) is 0 Å². The minimum absolute atomic E-state index is 0. The van der Waals surface area contributed by atoms with Gasteiger partial charge in [-0.15, -0.1) is 0 Å². The topological polar surface area (TPSA) is 38.7 Å². The summed E-state index contributed by atoms with van der Waals surface area (Å²) in [6.45, 7) is 9.16. The summed E-state index contributed by atoms with van der Waals surface area (Å²) in [5.41, 5.74) is -0.321. The molecule has 1 rings (SSSR count). The summed E-state index contributed by atoms with van der Waals surface area (Å²) in [5.74, 6) is 0. The van der Waals surface area contributed by atoms with Crippen molar-refractivity contribution in [3.63, 3.8) is 0 Å². The Kier molecular flexibility index (Phi) is 13.6. The first-order chi connectivity index (χ1) is 8.08. The van der Waals surface area contributed by atoms with Gasteiger partial charge in [0.05, 0.1) is 11.2 Å². The Labute approximate surface area is 164 Å².